The molecule has 0 aliphatic carbocycles. The summed E-state index contributed by atoms with van der Waals surface area (Å²) < 4.78 is 10.6. The van der Waals surface area contributed by atoms with E-state index in [1.807, 2.05) is 0 Å². The van der Waals surface area contributed by atoms with Crippen LogP contribution in [0, 0.1) is 10.1 Å². The fraction of sp³-hybridized carbons (Fsp3) is 0.444. The van der Waals surface area contributed by atoms with Gasteiger partial charge in [-0.25, -0.2) is 5.84 Å². The monoisotopic (exact) mass is 240 g/mol. The highest BCUT2D eigenvalue weighted by molar-refractivity contribution is 5.47. The average molecular weight is 240 g/mol. The molecule has 1 saturated heterocycles. The van der Waals surface area contributed by atoms with Gasteiger partial charge in [0.05, 0.1) is 30.3 Å². The van der Waals surface area contributed by atoms with Gasteiger partial charge in [-0.15, -0.1) is 0 Å². The number of rotatable bonds is 4. The van der Waals surface area contributed by atoms with Crippen molar-refractivity contribution in [3.8, 4) is 5.88 Å². The topological polar surface area (TPSA) is 113 Å². The molecule has 1 fully saturated rings. The van der Waals surface area contributed by atoms with Crippen LogP contribution in [0.5, 0.6) is 5.88 Å². The maximum atomic E-state index is 10.7. The van der Waals surface area contributed by atoms with Gasteiger partial charge in [-0.2, -0.15) is 4.98 Å². The van der Waals surface area contributed by atoms with E-state index in [0.717, 1.165) is 6.42 Å². The van der Waals surface area contributed by atoms with E-state index in [-0.39, 0.29) is 23.5 Å². The van der Waals surface area contributed by atoms with Gasteiger partial charge in [-0.3, -0.25) is 10.1 Å². The molecule has 1 unspecified atom stereocenters. The van der Waals surface area contributed by atoms with E-state index in [1.165, 1.54) is 12.1 Å². The maximum absolute atomic E-state index is 10.7. The first-order chi connectivity index (χ1) is 8.19. The summed E-state index contributed by atoms with van der Waals surface area (Å²) in [4.78, 5) is 14.1. The Morgan fingerprint density at radius 1 is 1.65 bits per heavy atom. The van der Waals surface area contributed by atoms with Crippen molar-refractivity contribution < 1.29 is 14.4 Å². The third-order valence-corrected chi connectivity index (χ3v) is 2.32. The number of hydrazine groups is 1. The highest BCUT2D eigenvalue weighted by Crippen LogP contribution is 2.23. The number of ether oxygens (including phenoxy) is 2. The maximum Gasteiger partial charge on any atom is 0.278 e. The summed E-state index contributed by atoms with van der Waals surface area (Å²) in [5.41, 5.74) is 2.14. The zero-order valence-electron chi connectivity index (χ0n) is 8.96. The number of hydrogen-bond acceptors (Lipinski definition) is 7. The Kier molecular flexibility index (Phi) is 3.35. The van der Waals surface area contributed by atoms with Crippen molar-refractivity contribution >= 4 is 11.5 Å². The minimum Gasteiger partial charge on any atom is -0.472 e. The second kappa shape index (κ2) is 4.93. The van der Waals surface area contributed by atoms with E-state index in [1.54, 1.807) is 0 Å². The quantitative estimate of drug-likeness (QED) is 0.446. The highest BCUT2D eigenvalue weighted by atomic mass is 16.6. The molecule has 0 aromatic carbocycles. The van der Waals surface area contributed by atoms with Crippen LogP contribution < -0.4 is 16.0 Å². The largest absolute Gasteiger partial charge is 0.472 e. The Morgan fingerprint density at radius 2 is 2.47 bits per heavy atom. The molecule has 0 bridgehead atoms. The van der Waals surface area contributed by atoms with E-state index < -0.39 is 4.92 Å². The van der Waals surface area contributed by atoms with E-state index in [9.17, 15) is 10.1 Å². The molecule has 1 aliphatic rings. The predicted molar refractivity (Wildman–Crippen MR) is 58.6 cm³/mol. The van der Waals surface area contributed by atoms with E-state index >= 15 is 0 Å². The first-order valence-corrected chi connectivity index (χ1v) is 5.06. The average Bonchev–Trinajstić information content (AvgIpc) is 2.81. The smallest absolute Gasteiger partial charge is 0.278 e. The van der Waals surface area contributed by atoms with Gasteiger partial charge >= 0.3 is 0 Å². The molecule has 8 heteroatoms. The summed E-state index contributed by atoms with van der Waals surface area (Å²) in [5.74, 6) is 5.54. The molecule has 1 aromatic heterocycles. The van der Waals surface area contributed by atoms with Crippen LogP contribution in [0.1, 0.15) is 6.42 Å². The number of anilines is 1. The lowest BCUT2D eigenvalue weighted by molar-refractivity contribution is -0.384. The zero-order valence-corrected chi connectivity index (χ0v) is 8.96. The molecule has 2 rings (SSSR count). The number of hydrogen-bond donors (Lipinski definition) is 2. The summed E-state index contributed by atoms with van der Waals surface area (Å²) in [6.45, 7) is 1.09. The molecule has 2 heterocycles. The predicted octanol–water partition coefficient (Wildman–Crippen LogP) is 0.443. The molecule has 0 amide bonds. The molecule has 0 radical (unpaired) electrons. The van der Waals surface area contributed by atoms with Crippen molar-refractivity contribution in [1.82, 2.24) is 4.98 Å². The molecule has 17 heavy (non-hydrogen) atoms. The van der Waals surface area contributed by atoms with Gasteiger partial charge in [0, 0.05) is 6.42 Å². The molecule has 1 aromatic rings. The lowest BCUT2D eigenvalue weighted by Gasteiger charge is -2.11. The van der Waals surface area contributed by atoms with Crippen molar-refractivity contribution in [2.45, 2.75) is 12.5 Å². The number of nitrogen functional groups attached to an aromatic ring is 1. The minimum atomic E-state index is -0.527. The van der Waals surface area contributed by atoms with Gasteiger partial charge < -0.3 is 14.9 Å². The fourth-order valence-electron chi connectivity index (χ4n) is 1.51. The second-order valence-corrected chi connectivity index (χ2v) is 3.55. The van der Waals surface area contributed by atoms with Crippen molar-refractivity contribution in [1.29, 1.82) is 0 Å². The van der Waals surface area contributed by atoms with Gasteiger partial charge in [-0.05, 0) is 0 Å². The molecular weight excluding hydrogens is 228 g/mol. The van der Waals surface area contributed by atoms with Crippen molar-refractivity contribution in [3.05, 3.63) is 22.2 Å². The Balaban J connectivity index is 2.19. The third-order valence-electron chi connectivity index (χ3n) is 2.32. The minimum absolute atomic E-state index is 0.116. The van der Waals surface area contributed by atoms with Gasteiger partial charge in [0.15, 0.2) is 5.82 Å². The van der Waals surface area contributed by atoms with E-state index in [0.29, 0.717) is 13.2 Å². The zero-order chi connectivity index (χ0) is 12.3. The summed E-state index contributed by atoms with van der Waals surface area (Å²) in [6, 6.07) is 2.50. The Morgan fingerprint density at radius 3 is 3.06 bits per heavy atom. The Hall–Kier alpha value is -1.93. The summed E-state index contributed by atoms with van der Waals surface area (Å²) >= 11 is 0. The number of nitro groups is 1. The fourth-order valence-corrected chi connectivity index (χ4v) is 1.51. The van der Waals surface area contributed by atoms with Crippen LogP contribution >= 0.6 is 0 Å². The van der Waals surface area contributed by atoms with Crippen LogP contribution in [0.25, 0.3) is 0 Å². The second-order valence-electron chi connectivity index (χ2n) is 3.55. The first-order valence-electron chi connectivity index (χ1n) is 5.06. The van der Waals surface area contributed by atoms with Gasteiger partial charge in [0.2, 0.25) is 5.88 Å². The number of nitrogens with zero attached hydrogens (tertiary/aromatic N) is 2. The van der Waals surface area contributed by atoms with Crippen LogP contribution in [-0.4, -0.2) is 29.2 Å². The molecule has 3 N–H and O–H groups in total. The Labute approximate surface area is 96.8 Å². The SMILES string of the molecule is NNc1cc([N+](=O)[O-])cc(OC2CCOC2)n1. The third kappa shape index (κ3) is 2.80. The summed E-state index contributed by atoms with van der Waals surface area (Å²) in [7, 11) is 0. The number of pyridine rings is 1. The van der Waals surface area contributed by atoms with Gasteiger partial charge in [-0.1, -0.05) is 0 Å². The normalized spacial score (nSPS) is 19.0. The molecule has 1 atom stereocenters. The number of aromatic nitrogens is 1. The molecule has 92 valence electrons. The number of nitrogens with one attached hydrogen (secondary N) is 1. The molecular formula is C9H12N4O4. The number of nitrogens with two attached hydrogens (primary N) is 1. The molecule has 0 saturated carbocycles. The van der Waals surface area contributed by atoms with Crippen molar-refractivity contribution in [2.24, 2.45) is 5.84 Å². The first kappa shape index (κ1) is 11.6. The molecule has 8 nitrogen and oxygen atoms in total. The van der Waals surface area contributed by atoms with Crippen LogP contribution in [0.4, 0.5) is 11.5 Å². The highest BCUT2D eigenvalue weighted by Gasteiger charge is 2.20. The van der Waals surface area contributed by atoms with Crippen molar-refractivity contribution in [2.75, 3.05) is 18.6 Å². The lowest BCUT2D eigenvalue weighted by atomic mass is 10.3. The van der Waals surface area contributed by atoms with Gasteiger partial charge in [0.25, 0.3) is 5.69 Å². The van der Waals surface area contributed by atoms with Crippen LogP contribution in [-0.2, 0) is 4.74 Å². The molecule has 1 aliphatic heterocycles. The van der Waals surface area contributed by atoms with Crippen molar-refractivity contribution in [3.63, 3.8) is 0 Å². The van der Waals surface area contributed by atoms with Crippen LogP contribution in [0.2, 0.25) is 0 Å². The van der Waals surface area contributed by atoms with Crippen LogP contribution in [0.3, 0.4) is 0 Å². The molecule has 0 spiro atoms. The lowest BCUT2D eigenvalue weighted by Crippen LogP contribution is -2.17. The van der Waals surface area contributed by atoms with E-state index in [4.69, 9.17) is 15.3 Å². The van der Waals surface area contributed by atoms with E-state index in [2.05, 4.69) is 10.4 Å². The van der Waals surface area contributed by atoms with Gasteiger partial charge in [0.1, 0.15) is 6.10 Å². The standard InChI is InChI=1S/C9H12N4O4/c10-12-8-3-6(13(14)15)4-9(11-8)17-7-1-2-16-5-7/h3-4,7H,1-2,5,10H2,(H,11,12). The van der Waals surface area contributed by atoms with Crippen LogP contribution in [0.15, 0.2) is 12.1 Å². The summed E-state index contributed by atoms with van der Waals surface area (Å²) in [6.07, 6.45) is 0.630. The Bertz CT molecular complexity index is 419. The summed E-state index contributed by atoms with van der Waals surface area (Å²) in [5, 5.41) is 10.7.